The van der Waals surface area contributed by atoms with Gasteiger partial charge in [0.1, 0.15) is 11.5 Å². The Labute approximate surface area is 180 Å². The van der Waals surface area contributed by atoms with Crippen LogP contribution in [-0.4, -0.2) is 64.9 Å². The third-order valence-electron chi connectivity index (χ3n) is 6.69. The first-order valence-electron chi connectivity index (χ1n) is 10.7. The number of amides is 3. The number of likely N-dealkylation sites (tertiary alicyclic amines) is 1. The number of pyridine rings is 1. The van der Waals surface area contributed by atoms with Crippen molar-refractivity contribution in [1.82, 2.24) is 20.1 Å². The molecular formula is C23H25N5O3. The lowest BCUT2D eigenvalue weighted by molar-refractivity contribution is 0.0597. The van der Waals surface area contributed by atoms with Crippen LogP contribution in [0.5, 0.6) is 0 Å². The van der Waals surface area contributed by atoms with Gasteiger partial charge in [-0.1, -0.05) is 12.1 Å². The van der Waals surface area contributed by atoms with Gasteiger partial charge in [-0.25, -0.2) is 4.98 Å². The fraction of sp³-hybridized carbons (Fsp3) is 0.391. The average Bonchev–Trinajstić information content (AvgIpc) is 3.08. The van der Waals surface area contributed by atoms with Crippen LogP contribution in [0.2, 0.25) is 0 Å². The minimum Gasteiger partial charge on any atom is -0.338 e. The van der Waals surface area contributed by atoms with E-state index in [9.17, 15) is 14.4 Å². The van der Waals surface area contributed by atoms with E-state index in [0.29, 0.717) is 61.5 Å². The maximum atomic E-state index is 13.3. The lowest BCUT2D eigenvalue weighted by Gasteiger charge is -2.51. The molecule has 1 N–H and O–H groups in total. The minimum absolute atomic E-state index is 0.105. The van der Waals surface area contributed by atoms with Crippen LogP contribution >= 0.6 is 0 Å². The standard InChI is InChI=1S/C23H25N5O3/c1-3-28-19-17(8-5-11-24-19)20(29)25-23(28)9-12-27(13-10-23)21(30)16-7-4-6-15-14-26(2)22(31)18(15)16/h4-8,11H,3,9-10,12-14H2,1-2H3,(H,25,29). The van der Waals surface area contributed by atoms with Crippen LogP contribution in [-0.2, 0) is 6.54 Å². The van der Waals surface area contributed by atoms with Gasteiger partial charge in [0, 0.05) is 52.3 Å². The van der Waals surface area contributed by atoms with Gasteiger partial charge in [-0.15, -0.1) is 0 Å². The molecular weight excluding hydrogens is 394 g/mol. The number of rotatable bonds is 2. The second-order valence-corrected chi connectivity index (χ2v) is 8.40. The Bertz CT molecular complexity index is 1090. The third kappa shape index (κ3) is 2.89. The van der Waals surface area contributed by atoms with E-state index in [4.69, 9.17) is 0 Å². The van der Waals surface area contributed by atoms with Crippen molar-refractivity contribution in [1.29, 1.82) is 0 Å². The van der Waals surface area contributed by atoms with Crippen LogP contribution in [0.4, 0.5) is 5.82 Å². The summed E-state index contributed by atoms with van der Waals surface area (Å²) in [4.78, 5) is 48.7. The first-order chi connectivity index (χ1) is 14.9. The molecule has 0 bridgehead atoms. The lowest BCUT2D eigenvalue weighted by Crippen LogP contribution is -2.68. The van der Waals surface area contributed by atoms with Crippen LogP contribution in [0.3, 0.4) is 0 Å². The predicted molar refractivity (Wildman–Crippen MR) is 115 cm³/mol. The normalized spacial score (nSPS) is 19.4. The molecule has 1 aromatic carbocycles. The van der Waals surface area contributed by atoms with Crippen molar-refractivity contribution < 1.29 is 14.4 Å². The van der Waals surface area contributed by atoms with E-state index in [1.54, 1.807) is 41.2 Å². The van der Waals surface area contributed by atoms with Gasteiger partial charge in [0.25, 0.3) is 17.7 Å². The molecule has 1 aromatic heterocycles. The summed E-state index contributed by atoms with van der Waals surface area (Å²) in [5, 5.41) is 3.19. The number of benzene rings is 1. The Morgan fingerprint density at radius 1 is 1.16 bits per heavy atom. The highest BCUT2D eigenvalue weighted by molar-refractivity contribution is 6.09. The van der Waals surface area contributed by atoms with E-state index in [-0.39, 0.29) is 17.7 Å². The molecule has 0 radical (unpaired) electrons. The molecule has 0 unspecified atom stereocenters. The van der Waals surface area contributed by atoms with Crippen LogP contribution < -0.4 is 10.2 Å². The topological polar surface area (TPSA) is 85.9 Å². The SMILES string of the molecule is CCN1c2ncccc2C(=O)NC12CCN(C(=O)c1cccc3c1C(=O)N(C)C3)CC2. The van der Waals surface area contributed by atoms with Gasteiger partial charge in [-0.05, 0) is 30.7 Å². The molecule has 2 aromatic rings. The molecule has 1 fully saturated rings. The Balaban J connectivity index is 1.39. The lowest BCUT2D eigenvalue weighted by atomic mass is 9.90. The second-order valence-electron chi connectivity index (χ2n) is 8.40. The van der Waals surface area contributed by atoms with E-state index in [0.717, 1.165) is 5.56 Å². The third-order valence-corrected chi connectivity index (χ3v) is 6.69. The number of carbonyl (C=O) groups is 3. The summed E-state index contributed by atoms with van der Waals surface area (Å²) >= 11 is 0. The number of aromatic nitrogens is 1. The maximum Gasteiger partial charge on any atom is 0.256 e. The first-order valence-corrected chi connectivity index (χ1v) is 10.7. The monoisotopic (exact) mass is 419 g/mol. The number of piperidine rings is 1. The van der Waals surface area contributed by atoms with Crippen molar-refractivity contribution >= 4 is 23.5 Å². The molecule has 4 heterocycles. The maximum absolute atomic E-state index is 13.3. The zero-order valence-electron chi connectivity index (χ0n) is 17.7. The summed E-state index contributed by atoms with van der Waals surface area (Å²) < 4.78 is 0. The van der Waals surface area contributed by atoms with E-state index in [1.165, 1.54) is 0 Å². The van der Waals surface area contributed by atoms with Crippen LogP contribution in [0.1, 0.15) is 56.4 Å². The Morgan fingerprint density at radius 2 is 1.94 bits per heavy atom. The van der Waals surface area contributed by atoms with E-state index in [2.05, 4.69) is 15.2 Å². The van der Waals surface area contributed by atoms with Crippen molar-refractivity contribution in [2.45, 2.75) is 32.0 Å². The second kappa shape index (κ2) is 7.08. The average molecular weight is 419 g/mol. The number of carbonyl (C=O) groups excluding carboxylic acids is 3. The number of hydrogen-bond acceptors (Lipinski definition) is 5. The molecule has 3 aliphatic rings. The summed E-state index contributed by atoms with van der Waals surface area (Å²) in [5.41, 5.74) is 1.91. The molecule has 3 amide bonds. The highest BCUT2D eigenvalue weighted by atomic mass is 16.2. The van der Waals surface area contributed by atoms with Crippen LogP contribution in [0.25, 0.3) is 0 Å². The largest absolute Gasteiger partial charge is 0.338 e. The Morgan fingerprint density at radius 3 is 2.68 bits per heavy atom. The summed E-state index contributed by atoms with van der Waals surface area (Å²) in [7, 11) is 1.75. The Hall–Kier alpha value is -3.42. The first kappa shape index (κ1) is 19.5. The molecule has 0 atom stereocenters. The molecule has 0 saturated carbocycles. The molecule has 1 saturated heterocycles. The summed E-state index contributed by atoms with van der Waals surface area (Å²) in [6.07, 6.45) is 2.89. The molecule has 1 spiro atoms. The summed E-state index contributed by atoms with van der Waals surface area (Å²) in [6, 6.07) is 9.04. The van der Waals surface area contributed by atoms with Crippen LogP contribution in [0.15, 0.2) is 36.5 Å². The molecule has 8 nitrogen and oxygen atoms in total. The minimum atomic E-state index is -0.557. The van der Waals surface area contributed by atoms with Gasteiger partial charge < -0.3 is 20.0 Å². The molecule has 160 valence electrons. The van der Waals surface area contributed by atoms with Crippen molar-refractivity contribution in [3.63, 3.8) is 0 Å². The van der Waals surface area contributed by atoms with Gasteiger partial charge in [-0.3, -0.25) is 14.4 Å². The van der Waals surface area contributed by atoms with E-state index in [1.807, 2.05) is 19.1 Å². The highest BCUT2D eigenvalue weighted by Gasteiger charge is 2.46. The number of nitrogens with one attached hydrogen (secondary N) is 1. The molecule has 0 aliphatic carbocycles. The molecule has 3 aliphatic heterocycles. The zero-order valence-corrected chi connectivity index (χ0v) is 17.7. The van der Waals surface area contributed by atoms with Gasteiger partial charge >= 0.3 is 0 Å². The van der Waals surface area contributed by atoms with Crippen molar-refractivity contribution in [2.24, 2.45) is 0 Å². The summed E-state index contributed by atoms with van der Waals surface area (Å²) in [6.45, 7) is 4.26. The van der Waals surface area contributed by atoms with Crippen molar-refractivity contribution in [2.75, 3.05) is 31.6 Å². The van der Waals surface area contributed by atoms with Crippen molar-refractivity contribution in [3.05, 3.63) is 58.8 Å². The fourth-order valence-electron chi connectivity index (χ4n) is 5.12. The molecule has 8 heteroatoms. The smallest absolute Gasteiger partial charge is 0.256 e. The van der Waals surface area contributed by atoms with Crippen molar-refractivity contribution in [3.8, 4) is 0 Å². The van der Waals surface area contributed by atoms with Gasteiger partial charge in [-0.2, -0.15) is 0 Å². The van der Waals surface area contributed by atoms with Gasteiger partial charge in [0.2, 0.25) is 0 Å². The molecule has 5 rings (SSSR count). The highest BCUT2D eigenvalue weighted by Crippen LogP contribution is 2.36. The van der Waals surface area contributed by atoms with Gasteiger partial charge in [0.05, 0.1) is 16.7 Å². The summed E-state index contributed by atoms with van der Waals surface area (Å²) in [5.74, 6) is 0.344. The Kier molecular flexibility index (Phi) is 4.46. The number of nitrogens with zero attached hydrogens (tertiary/aromatic N) is 4. The quantitative estimate of drug-likeness (QED) is 0.803. The number of anilines is 1. The fourth-order valence-corrected chi connectivity index (χ4v) is 5.12. The number of fused-ring (bicyclic) bond motifs is 2. The zero-order chi connectivity index (χ0) is 21.8. The van der Waals surface area contributed by atoms with Gasteiger partial charge in [0.15, 0.2) is 0 Å². The van der Waals surface area contributed by atoms with E-state index >= 15 is 0 Å². The van der Waals surface area contributed by atoms with E-state index < -0.39 is 5.66 Å². The number of hydrogen-bond donors (Lipinski definition) is 1. The molecule has 31 heavy (non-hydrogen) atoms. The van der Waals surface area contributed by atoms with Crippen LogP contribution in [0, 0.1) is 0 Å². The predicted octanol–water partition coefficient (Wildman–Crippen LogP) is 1.87.